The number of nitriles is 1. The highest BCUT2D eigenvalue weighted by Gasteiger charge is 2.49. The lowest BCUT2D eigenvalue weighted by Gasteiger charge is -2.31. The number of nitrogens with two attached hydrogens (primary N) is 1. The highest BCUT2D eigenvalue weighted by Crippen LogP contribution is 2.51. The van der Waals surface area contributed by atoms with E-state index in [0.29, 0.717) is 37.3 Å². The zero-order valence-electron chi connectivity index (χ0n) is 25.0. The second kappa shape index (κ2) is 11.0. The fourth-order valence-corrected chi connectivity index (χ4v) is 9.18. The quantitative estimate of drug-likeness (QED) is 0.272. The van der Waals surface area contributed by atoms with Gasteiger partial charge in [0.05, 0.1) is 32.8 Å². The van der Waals surface area contributed by atoms with Crippen LogP contribution in [0.25, 0.3) is 32.1 Å². The second-order valence-electron chi connectivity index (χ2n) is 12.7. The molecule has 4 atom stereocenters. The van der Waals surface area contributed by atoms with Crippen LogP contribution in [0.5, 0.6) is 11.8 Å². The first-order chi connectivity index (χ1) is 22.2. The Kier molecular flexibility index (Phi) is 7.13. The summed E-state index contributed by atoms with van der Waals surface area (Å²) in [6.07, 6.45) is 2.01. The number of rotatable bonds is 5. The minimum absolute atomic E-state index is 0.0307. The molecule has 2 aromatic heterocycles. The van der Waals surface area contributed by atoms with E-state index in [2.05, 4.69) is 27.0 Å². The zero-order chi connectivity index (χ0) is 31.9. The molecule has 240 valence electrons. The van der Waals surface area contributed by atoms with Gasteiger partial charge in [0.2, 0.25) is 0 Å². The van der Waals surface area contributed by atoms with Crippen LogP contribution < -0.4 is 25.4 Å². The summed E-state index contributed by atoms with van der Waals surface area (Å²) in [6, 6.07) is 4.93. The van der Waals surface area contributed by atoms with Gasteiger partial charge in [-0.15, -0.1) is 11.3 Å². The van der Waals surface area contributed by atoms with E-state index in [4.69, 9.17) is 31.8 Å². The van der Waals surface area contributed by atoms with Crippen molar-refractivity contribution in [2.24, 2.45) is 0 Å². The fraction of sp³-hybridized carbons (Fsp3) is 0.469. The van der Waals surface area contributed by atoms with E-state index in [-0.39, 0.29) is 79.4 Å². The Morgan fingerprint density at radius 2 is 2.13 bits per heavy atom. The van der Waals surface area contributed by atoms with Crippen LogP contribution >= 0.6 is 22.9 Å². The number of alkyl halides is 1. The van der Waals surface area contributed by atoms with E-state index < -0.39 is 23.3 Å². The van der Waals surface area contributed by atoms with Gasteiger partial charge in [0.15, 0.2) is 11.6 Å². The predicted octanol–water partition coefficient (Wildman–Crippen LogP) is 5.80. The van der Waals surface area contributed by atoms with Gasteiger partial charge in [-0.2, -0.15) is 15.2 Å². The van der Waals surface area contributed by atoms with Crippen LogP contribution in [0.1, 0.15) is 38.2 Å². The topological polar surface area (TPSA) is 113 Å². The van der Waals surface area contributed by atoms with Crippen LogP contribution in [0.4, 0.5) is 24.0 Å². The summed E-state index contributed by atoms with van der Waals surface area (Å²) in [4.78, 5) is 13.7. The van der Waals surface area contributed by atoms with Crippen molar-refractivity contribution in [1.29, 1.82) is 5.26 Å². The summed E-state index contributed by atoms with van der Waals surface area (Å²) in [5, 5.41) is 13.9. The molecule has 46 heavy (non-hydrogen) atoms. The van der Waals surface area contributed by atoms with Crippen LogP contribution in [-0.2, 0) is 0 Å². The van der Waals surface area contributed by atoms with Crippen molar-refractivity contribution in [3.63, 3.8) is 0 Å². The summed E-state index contributed by atoms with van der Waals surface area (Å²) < 4.78 is 59.2. The molecule has 8 rings (SSSR count). The lowest BCUT2D eigenvalue weighted by atomic mass is 9.95. The minimum atomic E-state index is -0.933. The zero-order valence-corrected chi connectivity index (χ0v) is 26.6. The van der Waals surface area contributed by atoms with Crippen molar-refractivity contribution in [3.8, 4) is 29.0 Å². The molecule has 0 unspecified atom stereocenters. The number of fused-ring (bicyclic) bond motifs is 2. The van der Waals surface area contributed by atoms with Gasteiger partial charge in [0, 0.05) is 42.5 Å². The van der Waals surface area contributed by atoms with Crippen LogP contribution in [0.2, 0.25) is 5.02 Å². The van der Waals surface area contributed by atoms with Gasteiger partial charge in [0.25, 0.3) is 0 Å². The number of benzene rings is 2. The van der Waals surface area contributed by atoms with Crippen LogP contribution in [0.3, 0.4) is 0 Å². The van der Waals surface area contributed by atoms with E-state index in [1.807, 2.05) is 6.07 Å². The maximum absolute atomic E-state index is 17.1. The predicted molar refractivity (Wildman–Crippen MR) is 172 cm³/mol. The van der Waals surface area contributed by atoms with Gasteiger partial charge < -0.3 is 25.4 Å². The van der Waals surface area contributed by atoms with Crippen molar-refractivity contribution < 1.29 is 22.6 Å². The number of halogens is 4. The third-order valence-corrected chi connectivity index (χ3v) is 11.4. The Labute approximate surface area is 272 Å². The van der Waals surface area contributed by atoms with E-state index in [9.17, 15) is 14.0 Å². The first kappa shape index (κ1) is 29.8. The summed E-state index contributed by atoms with van der Waals surface area (Å²) in [6.45, 7) is 4.84. The first-order valence-corrected chi connectivity index (χ1v) is 16.7. The lowest BCUT2D eigenvalue weighted by molar-refractivity contribution is 0.107. The third kappa shape index (κ3) is 4.48. The number of hydrogen-bond acceptors (Lipinski definition) is 10. The molecule has 9 nitrogen and oxygen atoms in total. The second-order valence-corrected chi connectivity index (χ2v) is 14.2. The lowest BCUT2D eigenvalue weighted by Crippen LogP contribution is -2.43. The Hall–Kier alpha value is -3.57. The molecule has 0 bridgehead atoms. The number of ether oxygens (including phenoxy) is 2. The number of nitrogens with zero attached hydrogens (tertiary/aromatic N) is 5. The highest BCUT2D eigenvalue weighted by atomic mass is 35.5. The molecule has 3 fully saturated rings. The maximum Gasteiger partial charge on any atom is 0.319 e. The normalized spacial score (nSPS) is 26.0. The number of thiophene rings is 1. The summed E-state index contributed by atoms with van der Waals surface area (Å²) >= 11 is 7.93. The van der Waals surface area contributed by atoms with E-state index in [1.54, 1.807) is 0 Å². The minimum Gasteiger partial charge on any atom is -0.489 e. The SMILES string of the molecule is C[C@H]1C[C@@H](N2CCOc3c(Cl)c(-c4ccc(F)c5sc(N)c(C#N)c45)c(F)c4nc(OC[C@@]56CCCN5C[C@H](F)C6)nc2c34)CN1. The molecule has 0 aliphatic carbocycles. The Balaban J connectivity index is 1.34. The largest absolute Gasteiger partial charge is 0.489 e. The van der Waals surface area contributed by atoms with Gasteiger partial charge in [-0.1, -0.05) is 17.7 Å². The molecule has 3 N–H and O–H groups in total. The van der Waals surface area contributed by atoms with E-state index in [1.165, 1.54) is 12.1 Å². The fourth-order valence-electron chi connectivity index (χ4n) is 7.89. The van der Waals surface area contributed by atoms with Crippen LogP contribution in [0.15, 0.2) is 12.1 Å². The average molecular weight is 670 g/mol. The third-order valence-electron chi connectivity index (χ3n) is 9.99. The van der Waals surface area contributed by atoms with E-state index in [0.717, 1.165) is 37.1 Å². The molecule has 4 aliphatic heterocycles. The van der Waals surface area contributed by atoms with Gasteiger partial charge >= 0.3 is 6.01 Å². The van der Waals surface area contributed by atoms with Crippen LogP contribution in [0, 0.1) is 23.0 Å². The first-order valence-electron chi connectivity index (χ1n) is 15.5. The standard InChI is InChI=1S/C32H31ClF3N7O2S/c1-15-9-17(12-39-15)43-7-8-44-27-23-26(40-31(41-30(23)43)45-14-32-5-2-6-42(32)13-16(34)10-32)25(36)22(24(27)33)18-3-4-20(35)28-21(18)19(11-37)29(38)46-28/h3-4,15-17,39H,2,5-10,12-14,38H2,1H3/t15-,16+,17+,32-/m0/s1. The molecule has 0 saturated carbocycles. The van der Waals surface area contributed by atoms with Gasteiger partial charge in [-0.3, -0.25) is 4.90 Å². The molecular weight excluding hydrogens is 639 g/mol. The number of hydrogen-bond donors (Lipinski definition) is 2. The summed E-state index contributed by atoms with van der Waals surface area (Å²) in [7, 11) is 0. The molecule has 0 amide bonds. The molecule has 0 spiro atoms. The average Bonchev–Trinajstić information content (AvgIpc) is 3.76. The molecule has 4 aliphatic rings. The van der Waals surface area contributed by atoms with Crippen LogP contribution in [-0.4, -0.2) is 78.1 Å². The Bertz CT molecular complexity index is 1950. The van der Waals surface area contributed by atoms with Gasteiger partial charge in [-0.25, -0.2) is 13.2 Å². The monoisotopic (exact) mass is 669 g/mol. The van der Waals surface area contributed by atoms with Crippen molar-refractivity contribution in [2.75, 3.05) is 50.0 Å². The van der Waals surface area contributed by atoms with Gasteiger partial charge in [0.1, 0.15) is 47.6 Å². The summed E-state index contributed by atoms with van der Waals surface area (Å²) in [5.74, 6) is -0.723. The number of aromatic nitrogens is 2. The maximum atomic E-state index is 17.1. The molecular formula is C32H31ClF3N7O2S. The van der Waals surface area contributed by atoms with Gasteiger partial charge in [-0.05, 0) is 44.4 Å². The molecule has 4 aromatic rings. The van der Waals surface area contributed by atoms with Crippen molar-refractivity contribution in [3.05, 3.63) is 34.4 Å². The highest BCUT2D eigenvalue weighted by molar-refractivity contribution is 7.23. The summed E-state index contributed by atoms with van der Waals surface area (Å²) in [5.41, 5.74) is 5.72. The smallest absolute Gasteiger partial charge is 0.319 e. The number of nitrogens with one attached hydrogen (secondary N) is 1. The van der Waals surface area contributed by atoms with E-state index >= 15 is 4.39 Å². The molecule has 6 heterocycles. The number of anilines is 2. The number of nitrogen functional groups attached to an aromatic ring is 1. The Morgan fingerprint density at radius 1 is 1.28 bits per heavy atom. The molecule has 0 radical (unpaired) electrons. The van der Waals surface area contributed by atoms with Crippen molar-refractivity contribution in [1.82, 2.24) is 20.2 Å². The van der Waals surface area contributed by atoms with Crippen molar-refractivity contribution >= 4 is 54.7 Å². The van der Waals surface area contributed by atoms with Crippen molar-refractivity contribution in [2.45, 2.75) is 56.4 Å². The molecule has 14 heteroatoms. The molecule has 3 saturated heterocycles. The Morgan fingerprint density at radius 3 is 2.91 bits per heavy atom. The molecule has 2 aromatic carbocycles.